The maximum absolute atomic E-state index is 13.0. The summed E-state index contributed by atoms with van der Waals surface area (Å²) >= 11 is 0. The van der Waals surface area contributed by atoms with E-state index in [0.717, 1.165) is 70.6 Å². The molecule has 1 aliphatic carbocycles. The topological polar surface area (TPSA) is 226 Å². The van der Waals surface area contributed by atoms with Gasteiger partial charge in [-0.1, -0.05) is 146 Å². The van der Waals surface area contributed by atoms with Gasteiger partial charge in [0.1, 0.15) is 36.6 Å². The molecule has 0 aromatic heterocycles. The van der Waals surface area contributed by atoms with Gasteiger partial charge < -0.3 is 46.0 Å². The fourth-order valence-corrected chi connectivity index (χ4v) is 7.84. The lowest BCUT2D eigenvalue weighted by Crippen LogP contribution is -2.64. The molecule has 8 unspecified atom stereocenters. The summed E-state index contributed by atoms with van der Waals surface area (Å²) in [7, 11) is -5.15. The van der Waals surface area contributed by atoms with Crippen molar-refractivity contribution in [1.82, 2.24) is 5.32 Å². The van der Waals surface area contributed by atoms with Gasteiger partial charge >= 0.3 is 7.82 Å². The highest BCUT2D eigenvalue weighted by molar-refractivity contribution is 7.47. The van der Waals surface area contributed by atoms with E-state index in [1.807, 2.05) is 0 Å². The maximum Gasteiger partial charge on any atom is 0.472 e. The molecule has 14 heteroatoms. The van der Waals surface area contributed by atoms with Gasteiger partial charge in [0, 0.05) is 0 Å². The van der Waals surface area contributed by atoms with Crippen LogP contribution in [0.1, 0.15) is 168 Å². The van der Waals surface area contributed by atoms with Crippen LogP contribution < -0.4 is 5.32 Å². The van der Waals surface area contributed by atoms with Gasteiger partial charge in [-0.25, -0.2) is 4.57 Å². The Morgan fingerprint density at radius 1 is 0.610 bits per heavy atom. The summed E-state index contributed by atoms with van der Waals surface area (Å²) in [5, 5.41) is 74.3. The normalized spacial score (nSPS) is 24.0. The molecule has 1 amide bonds. The molecule has 0 aromatic rings. The second kappa shape index (κ2) is 34.8. The molecule has 0 aliphatic heterocycles. The molecule has 344 valence electrons. The van der Waals surface area contributed by atoms with E-state index < -0.39 is 75.2 Å². The Hall–Kier alpha value is -1.74. The van der Waals surface area contributed by atoms with E-state index in [4.69, 9.17) is 9.05 Å². The molecule has 13 nitrogen and oxygen atoms in total. The van der Waals surface area contributed by atoms with E-state index in [1.165, 1.54) is 70.3 Å². The Kier molecular flexibility index (Phi) is 32.6. The van der Waals surface area contributed by atoms with Gasteiger partial charge in [-0.3, -0.25) is 13.8 Å². The van der Waals surface area contributed by atoms with E-state index in [2.05, 4.69) is 55.6 Å². The number of allylic oxidation sites excluding steroid dienone is 7. The average molecular weight is 860 g/mol. The van der Waals surface area contributed by atoms with Crippen LogP contribution in [0.5, 0.6) is 0 Å². The third-order valence-electron chi connectivity index (χ3n) is 10.6. The number of hydrogen-bond donors (Lipinski definition) is 9. The standard InChI is InChI=1S/C45H82NO12P/c1-3-5-7-9-11-13-15-17-19-20-22-24-26-28-30-32-36(47)34-39(49)46-37(35-57-59(55,56)58-45-43(53)41(51)40(50)42(52)44(45)54)38(48)33-31-29-27-25-23-21-18-16-14-12-10-8-6-4-2/h11,13,17,19,23,25,31,33,36-38,40-45,47-48,50-54H,3-10,12,14-16,18,20-22,24,26-30,32,34-35H2,1-2H3,(H,46,49)(H,55,56)/b13-11-,19-17-,25-23+,33-31+. The van der Waals surface area contributed by atoms with Crippen molar-refractivity contribution in [3.8, 4) is 0 Å². The van der Waals surface area contributed by atoms with Crippen molar-refractivity contribution < 1.29 is 59.0 Å². The molecule has 1 fully saturated rings. The minimum absolute atomic E-state index is 0.264. The molecule has 0 heterocycles. The summed E-state index contributed by atoms with van der Waals surface area (Å²) in [5.41, 5.74) is 0. The van der Waals surface area contributed by atoms with E-state index in [0.29, 0.717) is 12.8 Å². The summed E-state index contributed by atoms with van der Waals surface area (Å²) in [6, 6.07) is -1.26. The highest BCUT2D eigenvalue weighted by Gasteiger charge is 2.51. The average Bonchev–Trinajstić information content (AvgIpc) is 3.21. The zero-order valence-electron chi connectivity index (χ0n) is 36.2. The first-order chi connectivity index (χ1) is 28.3. The van der Waals surface area contributed by atoms with Crippen molar-refractivity contribution in [3.05, 3.63) is 48.6 Å². The number of nitrogens with one attached hydrogen (secondary N) is 1. The molecular weight excluding hydrogens is 777 g/mol. The Labute approximate surface area is 355 Å². The van der Waals surface area contributed by atoms with Crippen LogP contribution in [0.2, 0.25) is 0 Å². The number of amides is 1. The number of hydrogen-bond acceptors (Lipinski definition) is 11. The first kappa shape index (κ1) is 55.3. The number of phosphoric acid groups is 1. The van der Waals surface area contributed by atoms with Crippen LogP contribution in [0.25, 0.3) is 0 Å². The van der Waals surface area contributed by atoms with Crippen molar-refractivity contribution >= 4 is 13.7 Å². The van der Waals surface area contributed by atoms with E-state index in [9.17, 15) is 50.0 Å². The Bertz CT molecular complexity index is 1200. The number of aliphatic hydroxyl groups is 7. The zero-order valence-corrected chi connectivity index (χ0v) is 37.0. The predicted octanol–water partition coefficient (Wildman–Crippen LogP) is 7.14. The van der Waals surface area contributed by atoms with Crippen molar-refractivity contribution in [2.75, 3.05) is 6.61 Å². The van der Waals surface area contributed by atoms with E-state index in [-0.39, 0.29) is 6.42 Å². The van der Waals surface area contributed by atoms with Gasteiger partial charge in [0.25, 0.3) is 0 Å². The smallest absolute Gasteiger partial charge is 0.393 e. The maximum atomic E-state index is 13.0. The lowest BCUT2D eigenvalue weighted by molar-refractivity contribution is -0.220. The van der Waals surface area contributed by atoms with Crippen LogP contribution in [-0.4, -0.2) is 108 Å². The number of carbonyl (C=O) groups is 1. The Morgan fingerprint density at radius 3 is 1.63 bits per heavy atom. The number of phosphoric ester groups is 1. The lowest BCUT2D eigenvalue weighted by atomic mass is 9.85. The monoisotopic (exact) mass is 860 g/mol. The van der Waals surface area contributed by atoms with Crippen LogP contribution in [0.3, 0.4) is 0 Å². The number of aliphatic hydroxyl groups excluding tert-OH is 7. The summed E-state index contributed by atoms with van der Waals surface area (Å²) < 4.78 is 22.8. The van der Waals surface area contributed by atoms with Crippen LogP contribution >= 0.6 is 7.82 Å². The second-order valence-corrected chi connectivity index (χ2v) is 17.5. The first-order valence-corrected chi connectivity index (χ1v) is 24.2. The molecule has 0 radical (unpaired) electrons. The summed E-state index contributed by atoms with van der Waals surface area (Å²) in [5.74, 6) is -0.614. The highest BCUT2D eigenvalue weighted by Crippen LogP contribution is 2.47. The lowest BCUT2D eigenvalue weighted by Gasteiger charge is -2.41. The largest absolute Gasteiger partial charge is 0.472 e. The minimum Gasteiger partial charge on any atom is -0.393 e. The minimum atomic E-state index is -5.15. The summed E-state index contributed by atoms with van der Waals surface area (Å²) in [4.78, 5) is 23.4. The van der Waals surface area contributed by atoms with Crippen LogP contribution in [-0.2, 0) is 18.4 Å². The molecule has 1 aliphatic rings. The fourth-order valence-electron chi connectivity index (χ4n) is 6.87. The van der Waals surface area contributed by atoms with Crippen molar-refractivity contribution in [1.29, 1.82) is 0 Å². The first-order valence-electron chi connectivity index (χ1n) is 22.7. The van der Waals surface area contributed by atoms with Crippen LogP contribution in [0.15, 0.2) is 48.6 Å². The second-order valence-electron chi connectivity index (χ2n) is 16.1. The zero-order chi connectivity index (χ0) is 43.7. The molecule has 0 saturated heterocycles. The molecule has 1 rings (SSSR count). The fraction of sp³-hybridized carbons (Fsp3) is 0.800. The molecule has 0 bridgehead atoms. The van der Waals surface area contributed by atoms with Gasteiger partial charge in [-0.15, -0.1) is 0 Å². The van der Waals surface area contributed by atoms with Gasteiger partial charge in [0.15, 0.2) is 0 Å². The SMILES string of the molecule is CCCCC/C=C\C/C=C\CCCCCCCC(O)CC(=O)NC(COP(=O)(O)OC1C(O)C(O)C(O)C(O)C1O)C(O)/C=C/CC/C=C/CCCCCCCCCC. The molecule has 0 aromatic carbocycles. The molecule has 1 saturated carbocycles. The predicted molar refractivity (Wildman–Crippen MR) is 233 cm³/mol. The van der Waals surface area contributed by atoms with Crippen molar-refractivity contribution in [3.63, 3.8) is 0 Å². The third-order valence-corrected chi connectivity index (χ3v) is 11.6. The van der Waals surface area contributed by atoms with E-state index >= 15 is 0 Å². The summed E-state index contributed by atoms with van der Waals surface area (Å²) in [6.45, 7) is 3.67. The highest BCUT2D eigenvalue weighted by atomic mass is 31.2. The molecular formula is C45H82NO12P. The molecule has 9 N–H and O–H groups in total. The van der Waals surface area contributed by atoms with Crippen molar-refractivity contribution in [2.24, 2.45) is 0 Å². The van der Waals surface area contributed by atoms with Crippen LogP contribution in [0.4, 0.5) is 0 Å². The Balaban J connectivity index is 2.61. The Morgan fingerprint density at radius 2 is 1.05 bits per heavy atom. The number of carbonyl (C=O) groups excluding carboxylic acids is 1. The van der Waals surface area contributed by atoms with E-state index in [1.54, 1.807) is 6.08 Å². The number of rotatable bonds is 36. The third kappa shape index (κ3) is 27.0. The summed E-state index contributed by atoms with van der Waals surface area (Å²) in [6.07, 6.45) is 26.3. The van der Waals surface area contributed by atoms with Gasteiger partial charge in [-0.05, 0) is 64.2 Å². The molecule has 8 atom stereocenters. The van der Waals surface area contributed by atoms with Gasteiger partial charge in [0.05, 0.1) is 31.3 Å². The van der Waals surface area contributed by atoms with Gasteiger partial charge in [-0.2, -0.15) is 0 Å². The molecule has 59 heavy (non-hydrogen) atoms. The van der Waals surface area contributed by atoms with Gasteiger partial charge in [0.2, 0.25) is 5.91 Å². The molecule has 0 spiro atoms. The number of unbranched alkanes of at least 4 members (excludes halogenated alkanes) is 17. The van der Waals surface area contributed by atoms with Crippen LogP contribution in [0, 0.1) is 0 Å². The quantitative estimate of drug-likeness (QED) is 0.0174. The van der Waals surface area contributed by atoms with Crippen molar-refractivity contribution in [2.45, 2.75) is 223 Å².